The highest BCUT2D eigenvalue weighted by molar-refractivity contribution is 7.91. The molecule has 0 aliphatic carbocycles. The van der Waals surface area contributed by atoms with Crippen molar-refractivity contribution in [2.24, 2.45) is 35.5 Å². The number of carboxylic acids is 1. The Bertz CT molecular complexity index is 5670. The number of hydrogen-bond donors (Lipinski definition) is 5. The molecule has 9 aromatic rings. The lowest BCUT2D eigenvalue weighted by Gasteiger charge is -2.27. The van der Waals surface area contributed by atoms with Gasteiger partial charge in [0.1, 0.15) is 36.5 Å². The van der Waals surface area contributed by atoms with Gasteiger partial charge in [-0.1, -0.05) is 196 Å². The monoisotopic (exact) mass is 1980 g/mol. The van der Waals surface area contributed by atoms with Crippen molar-refractivity contribution < 1.29 is 96.5 Å². The molecule has 0 fully saturated rings. The van der Waals surface area contributed by atoms with Crippen LogP contribution in [0.1, 0.15) is 200 Å². The highest BCUT2D eigenvalue weighted by Gasteiger charge is 2.35. The van der Waals surface area contributed by atoms with Crippen molar-refractivity contribution in [2.45, 2.75) is 229 Å². The fourth-order valence-electron chi connectivity index (χ4n) is 12.9. The number of carbonyl (C=O) groups is 5. The summed E-state index contributed by atoms with van der Waals surface area (Å²) in [6.45, 7) is 44.9. The fraction of sp³-hybridized carbons (Fsp3) is 0.485. The molecule has 3 atom stereocenters. The predicted octanol–water partition coefficient (Wildman–Crippen LogP) is 18.5. The Kier molecular flexibility index (Phi) is 41.9. The number of hydrogen-bond acceptors (Lipinski definition) is 22. The molecule has 9 rings (SSSR count). The number of nitrogens with one attached hydrogen (secondary N) is 2. The van der Waals surface area contributed by atoms with Gasteiger partial charge in [-0.25, -0.2) is 49.2 Å². The average Bonchev–Trinajstić information content (AvgIpc) is 1.64. The van der Waals surface area contributed by atoms with Crippen LogP contribution in [0, 0.1) is 35.5 Å². The first-order valence-electron chi connectivity index (χ1n) is 42.7. The topological polar surface area (TPSA) is 356 Å². The van der Waals surface area contributed by atoms with Crippen LogP contribution in [-0.4, -0.2) is 147 Å². The number of benzene rings is 3. The summed E-state index contributed by atoms with van der Waals surface area (Å²) >= 11 is 24.5. The molecule has 0 radical (unpaired) electrons. The number of amides is 2. The zero-order valence-corrected chi connectivity index (χ0v) is 86.9. The first kappa shape index (κ1) is 113. The van der Waals surface area contributed by atoms with Gasteiger partial charge < -0.3 is 57.9 Å². The molecule has 0 unspecified atom stereocenters. The Hall–Kier alpha value is -7.91. The molecular weight excluding hydrogens is 1860 g/mol. The summed E-state index contributed by atoms with van der Waals surface area (Å²) in [5.41, 5.74) is 14.2. The molecule has 6 aromatic heterocycles. The van der Waals surface area contributed by atoms with Crippen LogP contribution in [0.5, 0.6) is 0 Å². The van der Waals surface area contributed by atoms with E-state index in [1.54, 1.807) is 126 Å². The molecule has 0 aliphatic rings. The lowest BCUT2D eigenvalue weighted by Crippen LogP contribution is -3.00. The van der Waals surface area contributed by atoms with Crippen molar-refractivity contribution in [2.75, 3.05) is 37.1 Å². The summed E-state index contributed by atoms with van der Waals surface area (Å²) in [6, 6.07) is 32.2. The second-order valence-electron chi connectivity index (χ2n) is 38.6. The van der Waals surface area contributed by atoms with Gasteiger partial charge in [0.2, 0.25) is 0 Å². The molecule has 714 valence electrons. The van der Waals surface area contributed by atoms with E-state index < -0.39 is 99.2 Å². The largest absolute Gasteiger partial charge is 1.00 e. The van der Waals surface area contributed by atoms with Gasteiger partial charge in [0.25, 0.3) is 0 Å². The highest BCUT2D eigenvalue weighted by Crippen LogP contribution is 2.42. The number of nitrogens with zero attached hydrogens (tertiary/aromatic N) is 3. The van der Waals surface area contributed by atoms with Gasteiger partial charge in [0.15, 0.2) is 35.6 Å². The van der Waals surface area contributed by atoms with Crippen LogP contribution >= 0.6 is 68.8 Å². The van der Waals surface area contributed by atoms with Crippen molar-refractivity contribution in [1.82, 2.24) is 25.6 Å². The molecule has 3 aromatic carbocycles. The predicted molar refractivity (Wildman–Crippen MR) is 524 cm³/mol. The number of halogens is 4. The molecule has 0 aliphatic heterocycles. The number of sulfone groups is 3. The summed E-state index contributed by atoms with van der Waals surface area (Å²) < 4.78 is 95.8. The van der Waals surface area contributed by atoms with E-state index in [0.29, 0.717) is 31.8 Å². The molecule has 0 saturated carbocycles. The molecule has 0 bridgehead atoms. The Morgan fingerprint density at radius 3 is 0.969 bits per heavy atom. The van der Waals surface area contributed by atoms with E-state index >= 15 is 0 Å². The van der Waals surface area contributed by atoms with Gasteiger partial charge in [-0.05, 0) is 210 Å². The third-order valence-electron chi connectivity index (χ3n) is 19.8. The molecule has 6 heterocycles. The maximum Gasteiger partial charge on any atom is 0.408 e. The normalized spacial score (nSPS) is 12.9. The molecule has 130 heavy (non-hydrogen) atoms. The van der Waals surface area contributed by atoms with Gasteiger partial charge in [-0.15, -0.1) is 34.0 Å². The van der Waals surface area contributed by atoms with Gasteiger partial charge in [-0.3, -0.25) is 15.0 Å². The summed E-state index contributed by atoms with van der Waals surface area (Å²) in [5.74, 6) is -1.52. The number of quaternary nitrogens is 1. The molecule has 2 amide bonds. The first-order chi connectivity index (χ1) is 59.6. The third-order valence-corrected chi connectivity index (χ3v) is 29.5. The average molecular weight is 1990 g/mol. The number of carbonyl (C=O) groups excluding carboxylic acids is 4. The third kappa shape index (κ3) is 36.1. The molecule has 23 nitrogen and oxygen atoms in total. The fourth-order valence-corrected chi connectivity index (χ4v) is 22.3. The number of alkyl carbamates (subject to hydrolysis) is 2. The van der Waals surface area contributed by atoms with Crippen LogP contribution < -0.4 is 28.8 Å². The molecule has 7 N–H and O–H groups in total. The van der Waals surface area contributed by atoms with Gasteiger partial charge in [0, 0.05) is 104 Å². The summed E-state index contributed by atoms with van der Waals surface area (Å²) in [6.07, 6.45) is 3.88. The van der Waals surface area contributed by atoms with E-state index in [9.17, 15) is 54.3 Å². The maximum atomic E-state index is 13.0. The number of carboxylic acid groups (broad SMARTS) is 1. The Morgan fingerprint density at radius 1 is 0.415 bits per heavy atom. The summed E-state index contributed by atoms with van der Waals surface area (Å²) in [5, 5.41) is 31.1. The number of rotatable bonds is 34. The van der Waals surface area contributed by atoms with E-state index in [2.05, 4.69) is 54.2 Å². The minimum Gasteiger partial charge on any atom is -1.00 e. The molecule has 0 saturated heterocycles. The van der Waals surface area contributed by atoms with Crippen molar-refractivity contribution in [1.29, 1.82) is 0 Å². The number of aliphatic carboxylic acids is 1. The number of esters is 2. The van der Waals surface area contributed by atoms with Crippen LogP contribution in [0.25, 0.3) is 64.7 Å². The van der Waals surface area contributed by atoms with E-state index in [-0.39, 0.29) is 108 Å². The van der Waals surface area contributed by atoms with Crippen molar-refractivity contribution >= 4 is 128 Å². The Morgan fingerprint density at radius 2 is 0.708 bits per heavy atom. The van der Waals surface area contributed by atoms with Crippen molar-refractivity contribution in [3.63, 3.8) is 0 Å². The van der Waals surface area contributed by atoms with Gasteiger partial charge in [0.05, 0.1) is 41.1 Å². The lowest BCUT2D eigenvalue weighted by molar-refractivity contribution is -0.418. The molecule has 33 heteroatoms. The highest BCUT2D eigenvalue weighted by atomic mass is 35.5. The smallest absolute Gasteiger partial charge is 0.408 e. The quantitative estimate of drug-likeness (QED) is 0.0185. The zero-order valence-electron chi connectivity index (χ0n) is 78.9. The Balaban J connectivity index is 0.000000322. The van der Waals surface area contributed by atoms with Crippen LogP contribution in [0.4, 0.5) is 9.59 Å². The lowest BCUT2D eigenvalue weighted by atomic mass is 9.88. The maximum absolute atomic E-state index is 13.0. The number of thiophene rings is 3. The summed E-state index contributed by atoms with van der Waals surface area (Å²) in [7, 11) is -9.56. The van der Waals surface area contributed by atoms with Crippen LogP contribution in [0.3, 0.4) is 0 Å². The summed E-state index contributed by atoms with van der Waals surface area (Å²) in [4.78, 5) is 76.2. The first-order valence-corrected chi connectivity index (χ1v) is 51.9. The van der Waals surface area contributed by atoms with E-state index in [4.69, 9.17) is 58.9 Å². The number of aliphatic hydroxyl groups excluding tert-OH is 1. The number of aromatic nitrogens is 3. The van der Waals surface area contributed by atoms with Crippen LogP contribution in [-0.2, 0) is 96.3 Å². The number of aliphatic hydroxyl groups is 1. The van der Waals surface area contributed by atoms with E-state index in [1.165, 1.54) is 0 Å². The number of ether oxygens (including phenoxy) is 4. The minimum atomic E-state index is -3.22. The van der Waals surface area contributed by atoms with Crippen LogP contribution in [0.15, 0.2) is 144 Å². The zero-order chi connectivity index (χ0) is 97.0. The minimum absolute atomic E-state index is 0. The molecule has 0 spiro atoms. The number of pyridine rings is 3. The molecular formula is C97H130Cl4N6O17S6. The van der Waals surface area contributed by atoms with Gasteiger partial charge in [-0.2, -0.15) is 0 Å². The van der Waals surface area contributed by atoms with Gasteiger partial charge >= 0.3 is 30.1 Å². The Labute approximate surface area is 803 Å². The SMILES string of the molecule is CC(C)CS(=O)(=O)Cc1ccc(-c2cc(-c3ccnc(C(C)(C)CO)c3)cs2)c(Cl)c1.CC(C)CS(=O)(=O)Cc1ccc(-c2cc(-c3ccnc(C(C)(C)COC(=O)[C@@H](NC(=O)OC(C)(C)C)C(C)C)c3)cs2)c(Cl)c1.CC(C)CS(=O)(=O)Cc1ccc(-c2cc(-c3ccnc(C(C)(C)COC(=O)[C@@H]([NH3+])C(C)C)c3)cs2)c(Cl)c1.CC(C)[C@H](NC(=O)OC(C)(C)C)C(=O)O.[Cl-]. The van der Waals surface area contributed by atoms with Crippen molar-refractivity contribution in [3.05, 3.63) is 193 Å². The second kappa shape index (κ2) is 48.3. The van der Waals surface area contributed by atoms with Crippen molar-refractivity contribution in [3.8, 4) is 64.7 Å². The van der Waals surface area contributed by atoms with Crippen LogP contribution in [0.2, 0.25) is 15.1 Å². The standard InChI is InChI=1S/C34H45ClN2O6S2.C29H37ClN2O4S2.C24H28ClNO3S2.C10H19NO4.ClH/c1-21(2)18-45(40,41)19-23-10-11-26(27(35)14-23)28-15-25(17-44-28)24-12-13-36-29(16-24)34(8,9)20-42-31(38)30(22(3)4)37-32(39)43-33(5,6)7;1-18(2)15-38(34,35)16-20-7-8-23(24(30)11-20)25-12-22(14-37-25)21-9-10-32-26(13-21)29(5,6)17-36-28(33)27(31)19(3)4;1-16(2)13-31(28,29)14-17-5-6-20(21(25)9-17)22-10-19(12-30-22)18-7-8-26-23(11-18)24(3,4)15-27;1-6(2)7(8(12)13)11-9(14)15-10(3,4)5;/h10-17,21-22,30H,18-20H2,1-9H3,(H,37,39);7-14,18-19,27H,15-17,31H2,1-6H3;5-12,16,27H,13-15H2,1-4H3;6-7H,1-5H3,(H,11,14)(H,12,13);1H/t30-;27-;;7-;/m00.0./s1. The second-order valence-corrected chi connectivity index (χ2v) is 48.9. The van der Waals surface area contributed by atoms with E-state index in [1.807, 2.05) is 195 Å². The van der Waals surface area contributed by atoms with E-state index in [0.717, 1.165) is 81.8 Å².